The third kappa shape index (κ3) is 5.79. The summed E-state index contributed by atoms with van der Waals surface area (Å²) in [5.41, 5.74) is 0. The van der Waals surface area contributed by atoms with Gasteiger partial charge in [-0.1, -0.05) is 25.8 Å². The summed E-state index contributed by atoms with van der Waals surface area (Å²) in [4.78, 5) is 30.1. The van der Waals surface area contributed by atoms with Crippen LogP contribution >= 0.6 is 11.3 Å². The van der Waals surface area contributed by atoms with E-state index >= 15 is 0 Å². The van der Waals surface area contributed by atoms with Crippen molar-refractivity contribution in [3.63, 3.8) is 0 Å². The molecule has 1 aliphatic heterocycles. The molecule has 2 unspecified atom stereocenters. The highest BCUT2D eigenvalue weighted by Gasteiger charge is 2.24. The molecular weight excluding hydrogens is 348 g/mol. The van der Waals surface area contributed by atoms with E-state index in [0.717, 1.165) is 52.0 Å². The average Bonchev–Trinajstić information content (AvgIpc) is 3.11. The van der Waals surface area contributed by atoms with Gasteiger partial charge in [0.1, 0.15) is 0 Å². The molecule has 0 aromatic carbocycles. The first kappa shape index (κ1) is 19.3. The third-order valence-electron chi connectivity index (χ3n) is 5.47. The van der Waals surface area contributed by atoms with E-state index in [1.807, 2.05) is 0 Å². The van der Waals surface area contributed by atoms with Crippen molar-refractivity contribution in [2.75, 3.05) is 32.7 Å². The number of imide groups is 1. The van der Waals surface area contributed by atoms with Crippen molar-refractivity contribution < 1.29 is 9.59 Å². The SMILES string of the molecule is CC1CCCCC1NC(=O)NC(=O)CN1CCN(Cc2cccs2)CC1. The lowest BCUT2D eigenvalue weighted by atomic mass is 9.86. The molecule has 1 saturated heterocycles. The molecule has 2 N–H and O–H groups in total. The second-order valence-corrected chi connectivity index (χ2v) is 8.55. The van der Waals surface area contributed by atoms with Crippen molar-refractivity contribution in [1.82, 2.24) is 20.4 Å². The van der Waals surface area contributed by atoms with Crippen molar-refractivity contribution in [2.45, 2.75) is 45.2 Å². The summed E-state index contributed by atoms with van der Waals surface area (Å²) >= 11 is 1.79. The minimum Gasteiger partial charge on any atom is -0.335 e. The number of nitrogens with one attached hydrogen (secondary N) is 2. The largest absolute Gasteiger partial charge is 0.335 e. The van der Waals surface area contributed by atoms with Gasteiger partial charge < -0.3 is 5.32 Å². The van der Waals surface area contributed by atoms with Crippen LogP contribution in [0.3, 0.4) is 0 Å². The molecule has 6 nitrogen and oxygen atoms in total. The number of urea groups is 1. The molecule has 0 bridgehead atoms. The molecule has 3 amide bonds. The number of rotatable bonds is 5. The van der Waals surface area contributed by atoms with Crippen LogP contribution in [0.2, 0.25) is 0 Å². The van der Waals surface area contributed by atoms with Crippen LogP contribution in [0.15, 0.2) is 17.5 Å². The Bertz CT molecular complexity index is 584. The van der Waals surface area contributed by atoms with Gasteiger partial charge in [-0.15, -0.1) is 11.3 Å². The summed E-state index contributed by atoms with van der Waals surface area (Å²) in [5, 5.41) is 7.58. The van der Waals surface area contributed by atoms with Crippen LogP contribution in [0.4, 0.5) is 4.79 Å². The van der Waals surface area contributed by atoms with E-state index in [9.17, 15) is 9.59 Å². The molecule has 3 rings (SSSR count). The Morgan fingerprint density at radius 1 is 1.15 bits per heavy atom. The van der Waals surface area contributed by atoms with Crippen LogP contribution < -0.4 is 10.6 Å². The van der Waals surface area contributed by atoms with Gasteiger partial charge in [0.25, 0.3) is 0 Å². The number of amides is 3. The zero-order chi connectivity index (χ0) is 18.4. The highest BCUT2D eigenvalue weighted by molar-refractivity contribution is 7.09. The number of thiophene rings is 1. The maximum Gasteiger partial charge on any atom is 0.321 e. The minimum absolute atomic E-state index is 0.192. The number of carbonyl (C=O) groups is 2. The summed E-state index contributed by atoms with van der Waals surface area (Å²) in [6.07, 6.45) is 4.54. The predicted molar refractivity (Wildman–Crippen MR) is 104 cm³/mol. The molecule has 2 heterocycles. The normalized spacial score (nSPS) is 25.0. The predicted octanol–water partition coefficient (Wildman–Crippen LogP) is 2.27. The summed E-state index contributed by atoms with van der Waals surface area (Å²) < 4.78 is 0. The van der Waals surface area contributed by atoms with Gasteiger partial charge in [-0.2, -0.15) is 0 Å². The van der Waals surface area contributed by atoms with Gasteiger partial charge in [-0.25, -0.2) is 4.79 Å². The molecule has 2 aliphatic rings. The molecule has 1 aromatic rings. The first-order valence-electron chi connectivity index (χ1n) is 9.67. The van der Waals surface area contributed by atoms with Crippen molar-refractivity contribution in [3.8, 4) is 0 Å². The molecule has 1 aromatic heterocycles. The zero-order valence-electron chi connectivity index (χ0n) is 15.6. The highest BCUT2D eigenvalue weighted by Crippen LogP contribution is 2.23. The van der Waals surface area contributed by atoms with E-state index in [1.54, 1.807) is 11.3 Å². The van der Waals surface area contributed by atoms with E-state index in [2.05, 4.69) is 44.9 Å². The Morgan fingerprint density at radius 2 is 1.88 bits per heavy atom. The van der Waals surface area contributed by atoms with Crippen LogP contribution in [-0.4, -0.2) is 60.5 Å². The van der Waals surface area contributed by atoms with Crippen LogP contribution in [0.1, 0.15) is 37.5 Å². The summed E-state index contributed by atoms with van der Waals surface area (Å²) in [5.74, 6) is 0.277. The molecule has 1 aliphatic carbocycles. The topological polar surface area (TPSA) is 64.7 Å². The minimum atomic E-state index is -0.343. The molecule has 26 heavy (non-hydrogen) atoms. The Balaban J connectivity index is 1.34. The Hall–Kier alpha value is -1.44. The zero-order valence-corrected chi connectivity index (χ0v) is 16.4. The monoisotopic (exact) mass is 378 g/mol. The van der Waals surface area contributed by atoms with Gasteiger partial charge in [0, 0.05) is 43.6 Å². The van der Waals surface area contributed by atoms with Gasteiger partial charge in [-0.05, 0) is 30.2 Å². The molecule has 0 spiro atoms. The lowest BCUT2D eigenvalue weighted by Gasteiger charge is -2.34. The highest BCUT2D eigenvalue weighted by atomic mass is 32.1. The maximum absolute atomic E-state index is 12.2. The van der Waals surface area contributed by atoms with E-state index < -0.39 is 0 Å². The van der Waals surface area contributed by atoms with Gasteiger partial charge in [0.15, 0.2) is 0 Å². The van der Waals surface area contributed by atoms with Crippen LogP contribution in [-0.2, 0) is 11.3 Å². The summed E-state index contributed by atoms with van der Waals surface area (Å²) in [7, 11) is 0. The second kappa shape index (κ2) is 9.48. The third-order valence-corrected chi connectivity index (χ3v) is 6.33. The fourth-order valence-corrected chi connectivity index (χ4v) is 4.58. The van der Waals surface area contributed by atoms with Crippen molar-refractivity contribution >= 4 is 23.3 Å². The van der Waals surface area contributed by atoms with Crippen molar-refractivity contribution in [1.29, 1.82) is 0 Å². The average molecular weight is 379 g/mol. The molecular formula is C19H30N4O2S. The number of hydrogen-bond donors (Lipinski definition) is 2. The maximum atomic E-state index is 12.2. The second-order valence-electron chi connectivity index (χ2n) is 7.52. The van der Waals surface area contributed by atoms with Crippen LogP contribution in [0.25, 0.3) is 0 Å². The Morgan fingerprint density at radius 3 is 2.58 bits per heavy atom. The number of piperazine rings is 1. The first-order valence-corrected chi connectivity index (χ1v) is 10.6. The number of nitrogens with zero attached hydrogens (tertiary/aromatic N) is 2. The van der Waals surface area contributed by atoms with Gasteiger partial charge in [-0.3, -0.25) is 19.9 Å². The van der Waals surface area contributed by atoms with E-state index in [4.69, 9.17) is 0 Å². The molecule has 0 radical (unpaired) electrons. The van der Waals surface area contributed by atoms with Gasteiger partial charge in [0.2, 0.25) is 5.91 Å². The first-order chi connectivity index (χ1) is 12.6. The van der Waals surface area contributed by atoms with Gasteiger partial charge >= 0.3 is 6.03 Å². The molecule has 2 fully saturated rings. The van der Waals surface area contributed by atoms with E-state index in [-0.39, 0.29) is 18.0 Å². The molecule has 7 heteroatoms. The molecule has 144 valence electrons. The Kier molecular flexibility index (Phi) is 7.05. The fourth-order valence-electron chi connectivity index (χ4n) is 3.83. The lowest BCUT2D eigenvalue weighted by molar-refractivity contribution is -0.121. The Labute approximate surface area is 159 Å². The van der Waals surface area contributed by atoms with Gasteiger partial charge in [0.05, 0.1) is 6.54 Å². The standard InChI is InChI=1S/C19H30N4O2S/c1-15-5-2-3-7-17(15)20-19(25)21-18(24)14-23-10-8-22(9-11-23)13-16-6-4-12-26-16/h4,6,12,15,17H,2-3,5,7-11,13-14H2,1H3,(H2,20,21,24,25). The summed E-state index contributed by atoms with van der Waals surface area (Å²) in [6.45, 7) is 7.08. The molecule has 2 atom stereocenters. The number of carbonyl (C=O) groups excluding carboxylic acids is 2. The van der Waals surface area contributed by atoms with E-state index in [1.165, 1.54) is 11.3 Å². The smallest absolute Gasteiger partial charge is 0.321 e. The van der Waals surface area contributed by atoms with Crippen molar-refractivity contribution in [3.05, 3.63) is 22.4 Å². The number of hydrogen-bond acceptors (Lipinski definition) is 5. The summed E-state index contributed by atoms with van der Waals surface area (Å²) in [6, 6.07) is 4.10. The van der Waals surface area contributed by atoms with E-state index in [0.29, 0.717) is 12.5 Å². The van der Waals surface area contributed by atoms with Crippen LogP contribution in [0.5, 0.6) is 0 Å². The van der Waals surface area contributed by atoms with Crippen LogP contribution in [0, 0.1) is 5.92 Å². The fraction of sp³-hybridized carbons (Fsp3) is 0.684. The lowest BCUT2D eigenvalue weighted by Crippen LogP contribution is -2.52. The molecule has 1 saturated carbocycles. The van der Waals surface area contributed by atoms with Crippen molar-refractivity contribution in [2.24, 2.45) is 5.92 Å². The quantitative estimate of drug-likeness (QED) is 0.825.